The third-order valence-electron chi connectivity index (χ3n) is 9.27. The molecular formula is C40H42BNS2. The van der Waals surface area contributed by atoms with Crippen LogP contribution in [0.2, 0.25) is 0 Å². The second-order valence-electron chi connectivity index (χ2n) is 15.6. The number of thiophene rings is 2. The molecule has 6 aromatic rings. The standard InChI is InChI=1S/C40H42BNS2/c1-38(2,3)25-14-18-28(19-15-25)42-33-13-11-10-12-31(33)41(32-20-16-27(23-34(32)42)40(7,8)9)36-24-30-29-22-26(39(4,5)6)17-21-35(29)43-37(30)44-36/h10-24H,1-9H3. The molecular weight excluding hydrogens is 569 g/mol. The van der Waals surface area contributed by atoms with E-state index in [2.05, 4.69) is 158 Å². The van der Waals surface area contributed by atoms with Crippen LogP contribution in [0.15, 0.2) is 91.0 Å². The van der Waals surface area contributed by atoms with Crippen molar-refractivity contribution < 1.29 is 0 Å². The Morgan fingerprint density at radius 3 is 1.80 bits per heavy atom. The van der Waals surface area contributed by atoms with E-state index in [1.165, 1.54) is 68.9 Å². The molecule has 0 amide bonds. The Labute approximate surface area is 271 Å². The molecule has 2 aromatic heterocycles. The highest BCUT2D eigenvalue weighted by Gasteiger charge is 2.37. The van der Waals surface area contributed by atoms with Crippen LogP contribution in [-0.2, 0) is 16.2 Å². The topological polar surface area (TPSA) is 3.24 Å². The zero-order valence-electron chi connectivity index (χ0n) is 27.5. The van der Waals surface area contributed by atoms with Gasteiger partial charge in [-0.05, 0) is 91.1 Å². The first kappa shape index (κ1) is 29.4. The van der Waals surface area contributed by atoms with E-state index in [9.17, 15) is 0 Å². The van der Waals surface area contributed by atoms with Crippen LogP contribution in [0, 0.1) is 0 Å². The Morgan fingerprint density at radius 2 is 1.11 bits per heavy atom. The predicted octanol–water partition coefficient (Wildman–Crippen LogP) is 10.3. The van der Waals surface area contributed by atoms with E-state index in [0.717, 1.165) is 0 Å². The summed E-state index contributed by atoms with van der Waals surface area (Å²) in [4.78, 5) is 2.50. The van der Waals surface area contributed by atoms with Crippen LogP contribution in [0.5, 0.6) is 0 Å². The van der Waals surface area contributed by atoms with Crippen molar-refractivity contribution in [3.05, 3.63) is 108 Å². The van der Waals surface area contributed by atoms with Crippen molar-refractivity contribution in [2.24, 2.45) is 0 Å². The molecule has 0 saturated carbocycles. The summed E-state index contributed by atoms with van der Waals surface area (Å²) in [7, 11) is 0. The van der Waals surface area contributed by atoms with Crippen LogP contribution in [0.1, 0.15) is 79.0 Å². The van der Waals surface area contributed by atoms with E-state index < -0.39 is 0 Å². The molecule has 0 aliphatic carbocycles. The van der Waals surface area contributed by atoms with Gasteiger partial charge in [0, 0.05) is 32.5 Å². The highest BCUT2D eigenvalue weighted by Crippen LogP contribution is 2.42. The maximum Gasteiger partial charge on any atom is 0.259 e. The minimum atomic E-state index is 0.0540. The minimum Gasteiger partial charge on any atom is -0.312 e. The molecule has 0 unspecified atom stereocenters. The molecule has 4 aromatic carbocycles. The third kappa shape index (κ3) is 4.91. The zero-order chi connectivity index (χ0) is 31.2. The van der Waals surface area contributed by atoms with Crippen molar-refractivity contribution in [2.75, 3.05) is 4.90 Å². The number of hydrogen-bond donors (Lipinski definition) is 0. The van der Waals surface area contributed by atoms with Gasteiger partial charge in [0.15, 0.2) is 0 Å². The van der Waals surface area contributed by atoms with Gasteiger partial charge >= 0.3 is 0 Å². The van der Waals surface area contributed by atoms with Gasteiger partial charge in [0.2, 0.25) is 0 Å². The van der Waals surface area contributed by atoms with Crippen molar-refractivity contribution in [3.8, 4) is 0 Å². The van der Waals surface area contributed by atoms with E-state index in [-0.39, 0.29) is 23.0 Å². The molecule has 0 saturated heterocycles. The highest BCUT2D eigenvalue weighted by molar-refractivity contribution is 7.46. The third-order valence-corrected chi connectivity index (χ3v) is 11.7. The lowest BCUT2D eigenvalue weighted by Gasteiger charge is -2.38. The lowest BCUT2D eigenvalue weighted by atomic mass is 9.37. The number of benzene rings is 4. The van der Waals surface area contributed by atoms with Crippen molar-refractivity contribution in [2.45, 2.75) is 78.6 Å². The Kier molecular flexibility index (Phi) is 6.74. The van der Waals surface area contributed by atoms with Crippen LogP contribution < -0.4 is 20.6 Å². The molecule has 0 atom stereocenters. The summed E-state index contributed by atoms with van der Waals surface area (Å²) < 4.78 is 4.23. The lowest BCUT2D eigenvalue weighted by molar-refractivity contribution is 0.590. The van der Waals surface area contributed by atoms with E-state index in [0.29, 0.717) is 0 Å². The number of para-hydroxylation sites is 1. The molecule has 0 N–H and O–H groups in total. The quantitative estimate of drug-likeness (QED) is 0.176. The van der Waals surface area contributed by atoms with E-state index in [4.69, 9.17) is 0 Å². The maximum absolute atomic E-state index is 2.50. The van der Waals surface area contributed by atoms with Crippen molar-refractivity contribution in [3.63, 3.8) is 0 Å². The molecule has 0 spiro atoms. The highest BCUT2D eigenvalue weighted by atomic mass is 32.2. The second kappa shape index (κ2) is 10.1. The number of rotatable bonds is 2. The first-order chi connectivity index (χ1) is 20.7. The van der Waals surface area contributed by atoms with Crippen LogP contribution in [0.3, 0.4) is 0 Å². The molecule has 0 fully saturated rings. The van der Waals surface area contributed by atoms with Crippen molar-refractivity contribution in [1.29, 1.82) is 0 Å². The Hall–Kier alpha value is -3.34. The van der Waals surface area contributed by atoms with E-state index in [1.807, 2.05) is 22.7 Å². The van der Waals surface area contributed by atoms with Crippen LogP contribution in [0.4, 0.5) is 17.1 Å². The van der Waals surface area contributed by atoms with Gasteiger partial charge < -0.3 is 4.90 Å². The molecule has 4 heteroatoms. The Bertz CT molecular complexity index is 2020. The molecule has 1 aliphatic rings. The average Bonchev–Trinajstić information content (AvgIpc) is 3.52. The molecule has 1 nitrogen and oxygen atoms in total. The number of anilines is 3. The molecule has 0 radical (unpaired) electrons. The predicted molar refractivity (Wildman–Crippen MR) is 199 cm³/mol. The van der Waals surface area contributed by atoms with E-state index >= 15 is 0 Å². The molecule has 3 heterocycles. The summed E-state index contributed by atoms with van der Waals surface area (Å²) >= 11 is 3.92. The number of hydrogen-bond acceptors (Lipinski definition) is 3. The normalized spacial score (nSPS) is 13.9. The summed E-state index contributed by atoms with van der Waals surface area (Å²) in [6.07, 6.45) is 0. The van der Waals surface area contributed by atoms with Gasteiger partial charge in [0.05, 0.1) is 4.01 Å². The summed E-state index contributed by atoms with van der Waals surface area (Å²) in [5.41, 5.74) is 10.9. The largest absolute Gasteiger partial charge is 0.312 e. The van der Waals surface area contributed by atoms with Crippen LogP contribution in [0.25, 0.3) is 19.5 Å². The molecule has 7 rings (SSSR count). The maximum atomic E-state index is 2.50. The van der Waals surface area contributed by atoms with Crippen molar-refractivity contribution in [1.82, 2.24) is 0 Å². The fourth-order valence-electron chi connectivity index (χ4n) is 6.57. The lowest BCUT2D eigenvalue weighted by Crippen LogP contribution is -2.56. The van der Waals surface area contributed by atoms with Gasteiger partial charge in [0.1, 0.15) is 0 Å². The second-order valence-corrected chi connectivity index (χ2v) is 18.0. The van der Waals surface area contributed by atoms with Gasteiger partial charge in [-0.2, -0.15) is 0 Å². The SMILES string of the molecule is CC(C)(C)c1ccc(N2c3ccccc3B(c3cc4c(s3)sc3ccc(C(C)(C)C)cc34)c3ccc(C(C)(C)C)cc32)cc1. The smallest absolute Gasteiger partial charge is 0.259 e. The molecule has 44 heavy (non-hydrogen) atoms. The summed E-state index contributed by atoms with van der Waals surface area (Å²) in [6.45, 7) is 20.9. The van der Waals surface area contributed by atoms with Gasteiger partial charge in [-0.25, -0.2) is 0 Å². The van der Waals surface area contributed by atoms with Gasteiger partial charge in [-0.3, -0.25) is 0 Å². The van der Waals surface area contributed by atoms with Gasteiger partial charge in [-0.15, -0.1) is 22.7 Å². The Balaban J connectivity index is 1.44. The molecule has 222 valence electrons. The minimum absolute atomic E-state index is 0.0540. The fraction of sp³-hybridized carbons (Fsp3) is 0.300. The van der Waals surface area contributed by atoms with Crippen molar-refractivity contribution >= 4 is 81.6 Å². The summed E-state index contributed by atoms with van der Waals surface area (Å²) in [6, 6.07) is 35.1. The van der Waals surface area contributed by atoms with Crippen LogP contribution >= 0.6 is 22.7 Å². The molecule has 1 aliphatic heterocycles. The number of fused-ring (bicyclic) bond motifs is 5. The summed E-state index contributed by atoms with van der Waals surface area (Å²) in [5.74, 6) is 0. The van der Waals surface area contributed by atoms with Gasteiger partial charge in [-0.1, -0.05) is 111 Å². The van der Waals surface area contributed by atoms with Gasteiger partial charge in [0.25, 0.3) is 6.71 Å². The first-order valence-corrected chi connectivity index (χ1v) is 17.4. The monoisotopic (exact) mass is 611 g/mol. The first-order valence-electron chi connectivity index (χ1n) is 15.8. The average molecular weight is 612 g/mol. The molecule has 0 bridgehead atoms. The Morgan fingerprint density at radius 1 is 0.523 bits per heavy atom. The fourth-order valence-corrected chi connectivity index (χ4v) is 9.23. The van der Waals surface area contributed by atoms with Crippen LogP contribution in [-0.4, -0.2) is 6.71 Å². The number of nitrogens with zero attached hydrogens (tertiary/aromatic N) is 1. The summed E-state index contributed by atoms with van der Waals surface area (Å²) in [5, 5.41) is 2.80. The zero-order valence-corrected chi connectivity index (χ0v) is 29.1. The van der Waals surface area contributed by atoms with E-state index in [1.54, 1.807) is 0 Å².